The zero-order valence-corrected chi connectivity index (χ0v) is 11.9. The lowest BCUT2D eigenvalue weighted by Gasteiger charge is -2.45. The number of nitrogens with one attached hydrogen (secondary N) is 1. The Bertz CT molecular complexity index is 405. The lowest BCUT2D eigenvalue weighted by atomic mass is 9.87. The number of hydrogen-bond donors (Lipinski definition) is 6. The summed E-state index contributed by atoms with van der Waals surface area (Å²) < 4.78 is 5.17. The van der Waals surface area contributed by atoms with Crippen LogP contribution in [0.25, 0.3) is 0 Å². The topological polar surface area (TPSA) is 162 Å². The van der Waals surface area contributed by atoms with Crippen LogP contribution in [0.15, 0.2) is 0 Å². The summed E-state index contributed by atoms with van der Waals surface area (Å²) in [4.78, 5) is 22.6. The molecule has 1 unspecified atom stereocenters. The highest BCUT2D eigenvalue weighted by molar-refractivity contribution is 5.83. The number of carbonyl (C=O) groups excluding carboxylic acids is 2. The highest BCUT2D eigenvalue weighted by Gasteiger charge is 2.52. The fourth-order valence-electron chi connectivity index (χ4n) is 2.26. The number of rotatable bonds is 5. The molecule has 0 saturated carbocycles. The molecule has 122 valence electrons. The largest absolute Gasteiger partial charge is 0.391 e. The summed E-state index contributed by atoms with van der Waals surface area (Å²) in [6.07, 6.45) is -6.22. The van der Waals surface area contributed by atoms with E-state index in [0.717, 1.165) is 6.92 Å². The Morgan fingerprint density at radius 2 is 2.00 bits per heavy atom. The second-order valence-electron chi connectivity index (χ2n) is 5.21. The van der Waals surface area contributed by atoms with Crippen molar-refractivity contribution >= 4 is 11.7 Å². The van der Waals surface area contributed by atoms with Gasteiger partial charge in [-0.3, -0.25) is 9.59 Å². The predicted octanol–water partition coefficient (Wildman–Crippen LogP) is -3.40. The van der Waals surface area contributed by atoms with Crippen molar-refractivity contribution in [3.63, 3.8) is 0 Å². The first-order chi connectivity index (χ1) is 9.62. The minimum atomic E-state index is -2.30. The van der Waals surface area contributed by atoms with Crippen LogP contribution in [0.4, 0.5) is 0 Å². The van der Waals surface area contributed by atoms with E-state index in [-0.39, 0.29) is 6.54 Å². The van der Waals surface area contributed by atoms with Crippen molar-refractivity contribution in [1.82, 2.24) is 5.32 Å². The summed E-state index contributed by atoms with van der Waals surface area (Å²) in [5, 5.41) is 42.1. The molecule has 1 aliphatic rings. The predicted molar refractivity (Wildman–Crippen MR) is 69.8 cm³/mol. The van der Waals surface area contributed by atoms with Crippen molar-refractivity contribution in [2.24, 2.45) is 5.73 Å². The highest BCUT2D eigenvalue weighted by atomic mass is 16.6. The van der Waals surface area contributed by atoms with Crippen LogP contribution in [-0.4, -0.2) is 74.9 Å². The van der Waals surface area contributed by atoms with E-state index in [1.165, 1.54) is 6.92 Å². The maximum atomic E-state index is 11.5. The van der Waals surface area contributed by atoms with Crippen molar-refractivity contribution in [3.8, 4) is 0 Å². The molecule has 0 radical (unpaired) electrons. The van der Waals surface area contributed by atoms with Crippen LogP contribution in [-0.2, 0) is 14.3 Å². The number of Topliss-reactive ketones (excluding diaryl/α,β-unsaturated/α-hetero) is 1. The van der Waals surface area contributed by atoms with Gasteiger partial charge in [-0.2, -0.15) is 0 Å². The quantitative estimate of drug-likeness (QED) is 0.306. The van der Waals surface area contributed by atoms with Crippen LogP contribution in [0.2, 0.25) is 0 Å². The Morgan fingerprint density at radius 3 is 2.43 bits per heavy atom. The standard InChI is InChI=1S/C12H22N2O7/c1-5(15)12(20)3-7(17)9(14-6(2)16)11(21-12)10(19)8(18)4-13/h7-11,17-20H,3-4,13H2,1-2H3,(H,14,16)/t7-,8+,9+,10+,11?,12-/m0/s1. The molecule has 0 aromatic rings. The number of nitrogens with two attached hydrogens (primary N) is 1. The average molecular weight is 306 g/mol. The van der Waals surface area contributed by atoms with Crippen LogP contribution >= 0.6 is 0 Å². The maximum absolute atomic E-state index is 11.5. The number of carbonyl (C=O) groups is 2. The van der Waals surface area contributed by atoms with E-state index in [9.17, 15) is 30.0 Å². The molecule has 0 aliphatic carbocycles. The molecule has 7 N–H and O–H groups in total. The van der Waals surface area contributed by atoms with Gasteiger partial charge in [0.15, 0.2) is 5.78 Å². The van der Waals surface area contributed by atoms with Crippen molar-refractivity contribution in [1.29, 1.82) is 0 Å². The maximum Gasteiger partial charge on any atom is 0.229 e. The van der Waals surface area contributed by atoms with E-state index in [4.69, 9.17) is 10.5 Å². The van der Waals surface area contributed by atoms with E-state index in [1.54, 1.807) is 0 Å². The molecule has 9 nitrogen and oxygen atoms in total. The summed E-state index contributed by atoms with van der Waals surface area (Å²) in [6, 6.07) is -1.10. The molecular weight excluding hydrogens is 284 g/mol. The molecule has 1 rings (SSSR count). The van der Waals surface area contributed by atoms with E-state index in [0.29, 0.717) is 0 Å². The smallest absolute Gasteiger partial charge is 0.229 e. The van der Waals surface area contributed by atoms with Gasteiger partial charge in [-0.1, -0.05) is 0 Å². The Hall–Kier alpha value is -1.10. The third-order valence-corrected chi connectivity index (χ3v) is 3.48. The average Bonchev–Trinajstić information content (AvgIpc) is 2.39. The van der Waals surface area contributed by atoms with Crippen molar-refractivity contribution < 1.29 is 34.8 Å². The Kier molecular flexibility index (Phi) is 5.79. The van der Waals surface area contributed by atoms with Gasteiger partial charge < -0.3 is 36.2 Å². The molecule has 1 amide bonds. The van der Waals surface area contributed by atoms with Gasteiger partial charge in [-0.05, 0) is 0 Å². The zero-order valence-electron chi connectivity index (χ0n) is 11.9. The van der Waals surface area contributed by atoms with Crippen LogP contribution in [0.5, 0.6) is 0 Å². The highest BCUT2D eigenvalue weighted by Crippen LogP contribution is 2.30. The summed E-state index contributed by atoms with van der Waals surface area (Å²) in [6.45, 7) is 1.96. The van der Waals surface area contributed by atoms with Gasteiger partial charge in [0.1, 0.15) is 12.2 Å². The molecule has 1 saturated heterocycles. The minimum absolute atomic E-state index is 0.303. The molecule has 0 spiro atoms. The minimum Gasteiger partial charge on any atom is -0.391 e. The fraction of sp³-hybridized carbons (Fsp3) is 0.833. The molecule has 9 heteroatoms. The lowest BCUT2D eigenvalue weighted by Crippen LogP contribution is -2.67. The van der Waals surface area contributed by atoms with Gasteiger partial charge in [0.05, 0.1) is 18.2 Å². The van der Waals surface area contributed by atoms with Crippen LogP contribution in [0.1, 0.15) is 20.3 Å². The van der Waals surface area contributed by atoms with Crippen LogP contribution < -0.4 is 11.1 Å². The van der Waals surface area contributed by atoms with E-state index >= 15 is 0 Å². The molecule has 0 bridgehead atoms. The van der Waals surface area contributed by atoms with E-state index < -0.39 is 54.4 Å². The zero-order chi connectivity index (χ0) is 16.4. The van der Waals surface area contributed by atoms with Gasteiger partial charge in [-0.25, -0.2) is 0 Å². The first kappa shape index (κ1) is 18.0. The normalized spacial score (nSPS) is 35.9. The van der Waals surface area contributed by atoms with Crippen LogP contribution in [0, 0.1) is 0 Å². The Labute approximate surface area is 121 Å². The van der Waals surface area contributed by atoms with Gasteiger partial charge in [-0.15, -0.1) is 0 Å². The molecule has 1 heterocycles. The van der Waals surface area contributed by atoms with Crippen molar-refractivity contribution in [3.05, 3.63) is 0 Å². The number of aliphatic hydroxyl groups is 4. The molecule has 21 heavy (non-hydrogen) atoms. The summed E-state index contributed by atoms with van der Waals surface area (Å²) >= 11 is 0. The SMILES string of the molecule is CC(=O)N[C@H]1C([C@H](O)[C@H](O)CN)O[C@](O)(C(C)=O)C[C@@H]1O. The molecular formula is C12H22N2O7. The number of ketones is 1. The van der Waals surface area contributed by atoms with Gasteiger partial charge in [0.2, 0.25) is 11.7 Å². The third-order valence-electron chi connectivity index (χ3n) is 3.48. The van der Waals surface area contributed by atoms with Gasteiger partial charge >= 0.3 is 0 Å². The van der Waals surface area contributed by atoms with Gasteiger partial charge in [0.25, 0.3) is 0 Å². The van der Waals surface area contributed by atoms with Gasteiger partial charge in [0, 0.05) is 26.8 Å². The second-order valence-corrected chi connectivity index (χ2v) is 5.21. The second kappa shape index (κ2) is 6.77. The number of hydrogen-bond acceptors (Lipinski definition) is 8. The first-order valence-electron chi connectivity index (χ1n) is 6.55. The fourth-order valence-corrected chi connectivity index (χ4v) is 2.26. The molecule has 1 aliphatic heterocycles. The molecule has 0 aromatic carbocycles. The van der Waals surface area contributed by atoms with E-state index in [1.807, 2.05) is 0 Å². The monoisotopic (exact) mass is 306 g/mol. The summed E-state index contributed by atoms with van der Waals surface area (Å²) in [5.41, 5.74) is 5.24. The Balaban J connectivity index is 3.07. The molecule has 0 aromatic heterocycles. The number of amides is 1. The number of aliphatic hydroxyl groups excluding tert-OH is 3. The molecule has 6 atom stereocenters. The van der Waals surface area contributed by atoms with Crippen molar-refractivity contribution in [2.45, 2.75) is 56.5 Å². The van der Waals surface area contributed by atoms with Crippen molar-refractivity contribution in [2.75, 3.05) is 6.54 Å². The Morgan fingerprint density at radius 1 is 1.43 bits per heavy atom. The third kappa shape index (κ3) is 3.96. The number of ether oxygens (including phenoxy) is 1. The summed E-state index contributed by atoms with van der Waals surface area (Å²) in [5.74, 6) is -3.56. The van der Waals surface area contributed by atoms with E-state index in [2.05, 4.69) is 5.32 Å². The molecule has 1 fully saturated rings. The van der Waals surface area contributed by atoms with Crippen LogP contribution in [0.3, 0.4) is 0 Å². The summed E-state index contributed by atoms with van der Waals surface area (Å²) in [7, 11) is 0. The first-order valence-corrected chi connectivity index (χ1v) is 6.55. The lowest BCUT2D eigenvalue weighted by molar-refractivity contribution is -0.284.